The maximum atomic E-state index is 13.3. The van der Waals surface area contributed by atoms with Crippen molar-refractivity contribution >= 4 is 34.8 Å². The van der Waals surface area contributed by atoms with Gasteiger partial charge in [-0.25, -0.2) is 0 Å². The molecule has 0 bridgehead atoms. The van der Waals surface area contributed by atoms with Crippen LogP contribution in [-0.4, -0.2) is 54.6 Å². The molecule has 1 aliphatic carbocycles. The Bertz CT molecular complexity index is 1240. The number of anilines is 1. The standard InChI is InChI=1S/C32H40Cl2N4O/c1-24-27(22-30(26-12-6-3-7-13-26)38(24)23-25-10-4-2-5-11-25)32(39)35-16-9-17-36-18-20-37(21-19-36)29-15-8-14-28(33)31(29)34/h3,6-8,12-15,22,25H,2,4-5,9-11,16-21,23H2,1H3,(H,35,39). The highest BCUT2D eigenvalue weighted by Crippen LogP contribution is 2.33. The number of benzene rings is 2. The van der Waals surface area contributed by atoms with Crippen molar-refractivity contribution in [3.63, 3.8) is 0 Å². The molecule has 5 nitrogen and oxygen atoms in total. The first-order valence-electron chi connectivity index (χ1n) is 14.5. The lowest BCUT2D eigenvalue weighted by atomic mass is 9.89. The molecule has 2 heterocycles. The van der Waals surface area contributed by atoms with E-state index < -0.39 is 0 Å². The lowest BCUT2D eigenvalue weighted by molar-refractivity contribution is 0.0950. The fourth-order valence-electron chi connectivity index (χ4n) is 6.14. The van der Waals surface area contributed by atoms with Crippen molar-refractivity contribution in [2.24, 2.45) is 5.92 Å². The molecule has 0 unspecified atom stereocenters. The molecule has 0 spiro atoms. The Morgan fingerprint density at radius 1 is 0.949 bits per heavy atom. The molecule has 0 atom stereocenters. The average Bonchev–Trinajstić information content (AvgIpc) is 3.29. The Morgan fingerprint density at radius 3 is 2.44 bits per heavy atom. The Labute approximate surface area is 243 Å². The molecule has 39 heavy (non-hydrogen) atoms. The lowest BCUT2D eigenvalue weighted by Gasteiger charge is -2.36. The van der Waals surface area contributed by atoms with E-state index in [1.807, 2.05) is 24.3 Å². The number of hydrogen-bond acceptors (Lipinski definition) is 3. The summed E-state index contributed by atoms with van der Waals surface area (Å²) in [7, 11) is 0. The van der Waals surface area contributed by atoms with E-state index in [1.54, 1.807) is 0 Å². The predicted molar refractivity (Wildman–Crippen MR) is 163 cm³/mol. The summed E-state index contributed by atoms with van der Waals surface area (Å²) >= 11 is 12.6. The van der Waals surface area contributed by atoms with E-state index in [0.29, 0.717) is 22.5 Å². The summed E-state index contributed by atoms with van der Waals surface area (Å²) in [6.07, 6.45) is 7.50. The van der Waals surface area contributed by atoms with Gasteiger partial charge in [-0.3, -0.25) is 9.69 Å². The van der Waals surface area contributed by atoms with Crippen LogP contribution in [0.4, 0.5) is 5.69 Å². The fourth-order valence-corrected chi connectivity index (χ4v) is 6.55. The molecule has 3 aromatic rings. The molecule has 2 aromatic carbocycles. The van der Waals surface area contributed by atoms with Gasteiger partial charge >= 0.3 is 0 Å². The van der Waals surface area contributed by atoms with E-state index in [-0.39, 0.29) is 5.91 Å². The number of amides is 1. The van der Waals surface area contributed by atoms with Gasteiger partial charge in [-0.05, 0) is 62.4 Å². The average molecular weight is 568 g/mol. The molecule has 0 radical (unpaired) electrons. The van der Waals surface area contributed by atoms with Crippen molar-refractivity contribution in [2.75, 3.05) is 44.2 Å². The maximum absolute atomic E-state index is 13.3. The molecule has 1 amide bonds. The van der Waals surface area contributed by atoms with Crippen LogP contribution in [0.2, 0.25) is 10.0 Å². The van der Waals surface area contributed by atoms with Gasteiger partial charge in [0.15, 0.2) is 0 Å². The van der Waals surface area contributed by atoms with Gasteiger partial charge in [0.25, 0.3) is 5.91 Å². The van der Waals surface area contributed by atoms with Gasteiger partial charge in [0, 0.05) is 50.7 Å². The van der Waals surface area contributed by atoms with Crippen LogP contribution in [0, 0.1) is 12.8 Å². The van der Waals surface area contributed by atoms with Crippen molar-refractivity contribution in [1.29, 1.82) is 0 Å². The third-order valence-electron chi connectivity index (χ3n) is 8.43. The van der Waals surface area contributed by atoms with Crippen molar-refractivity contribution in [3.05, 3.63) is 75.9 Å². The summed E-state index contributed by atoms with van der Waals surface area (Å²) in [5, 5.41) is 4.43. The van der Waals surface area contributed by atoms with E-state index in [2.05, 4.69) is 56.9 Å². The summed E-state index contributed by atoms with van der Waals surface area (Å²) in [5.41, 5.74) is 5.22. The normalized spacial score (nSPS) is 16.9. The predicted octanol–water partition coefficient (Wildman–Crippen LogP) is 7.29. The zero-order chi connectivity index (χ0) is 27.2. The fraction of sp³-hybridized carbons (Fsp3) is 0.469. The van der Waals surface area contributed by atoms with Crippen LogP contribution in [0.15, 0.2) is 54.6 Å². The Morgan fingerprint density at radius 2 is 1.69 bits per heavy atom. The number of halogens is 2. The highest BCUT2D eigenvalue weighted by atomic mass is 35.5. The second-order valence-electron chi connectivity index (χ2n) is 11.0. The molecule has 1 aromatic heterocycles. The van der Waals surface area contributed by atoms with E-state index in [4.69, 9.17) is 23.2 Å². The van der Waals surface area contributed by atoms with E-state index in [0.717, 1.165) is 68.3 Å². The van der Waals surface area contributed by atoms with Crippen molar-refractivity contribution < 1.29 is 4.79 Å². The molecule has 208 valence electrons. The molecule has 1 saturated carbocycles. The monoisotopic (exact) mass is 566 g/mol. The van der Waals surface area contributed by atoms with E-state index >= 15 is 0 Å². The molecule has 2 aliphatic rings. The number of nitrogens with zero attached hydrogens (tertiary/aromatic N) is 3. The number of carbonyl (C=O) groups is 1. The van der Waals surface area contributed by atoms with Crippen LogP contribution in [0.3, 0.4) is 0 Å². The van der Waals surface area contributed by atoms with Gasteiger partial charge < -0.3 is 14.8 Å². The van der Waals surface area contributed by atoms with Crippen LogP contribution in [0.1, 0.15) is 54.6 Å². The number of carbonyl (C=O) groups excluding carboxylic acids is 1. The van der Waals surface area contributed by atoms with Crippen LogP contribution >= 0.6 is 23.2 Å². The smallest absolute Gasteiger partial charge is 0.253 e. The minimum absolute atomic E-state index is 0.0347. The van der Waals surface area contributed by atoms with Crippen LogP contribution in [0.5, 0.6) is 0 Å². The topological polar surface area (TPSA) is 40.5 Å². The van der Waals surface area contributed by atoms with Gasteiger partial charge in [-0.2, -0.15) is 0 Å². The number of aromatic nitrogens is 1. The molecular formula is C32H40Cl2N4O. The first-order chi connectivity index (χ1) is 19.0. The number of piperazine rings is 1. The van der Waals surface area contributed by atoms with Gasteiger partial charge in [0.1, 0.15) is 0 Å². The molecule has 5 rings (SSSR count). The zero-order valence-corrected chi connectivity index (χ0v) is 24.5. The SMILES string of the molecule is Cc1c(C(=O)NCCCN2CCN(c3cccc(Cl)c3Cl)CC2)cc(-c2ccccc2)n1CC1CCCCC1. The number of rotatable bonds is 9. The molecular weight excluding hydrogens is 527 g/mol. The quantitative estimate of drug-likeness (QED) is 0.276. The van der Waals surface area contributed by atoms with E-state index in [1.165, 1.54) is 37.7 Å². The van der Waals surface area contributed by atoms with Crippen LogP contribution < -0.4 is 10.2 Å². The first-order valence-corrected chi connectivity index (χ1v) is 15.2. The summed E-state index contributed by atoms with van der Waals surface area (Å²) in [6.45, 7) is 8.53. The van der Waals surface area contributed by atoms with E-state index in [9.17, 15) is 4.79 Å². The van der Waals surface area contributed by atoms with Crippen molar-refractivity contribution in [3.8, 4) is 11.3 Å². The molecule has 2 fully saturated rings. The van der Waals surface area contributed by atoms with Crippen LogP contribution in [0.25, 0.3) is 11.3 Å². The second kappa shape index (κ2) is 13.3. The second-order valence-corrected chi connectivity index (χ2v) is 11.8. The largest absolute Gasteiger partial charge is 0.368 e. The summed E-state index contributed by atoms with van der Waals surface area (Å²) in [5.74, 6) is 0.728. The molecule has 1 aliphatic heterocycles. The van der Waals surface area contributed by atoms with Gasteiger partial charge in [0.05, 0.1) is 21.3 Å². The third-order valence-corrected chi connectivity index (χ3v) is 9.24. The lowest BCUT2D eigenvalue weighted by Crippen LogP contribution is -2.47. The van der Waals surface area contributed by atoms with Crippen molar-refractivity contribution in [1.82, 2.24) is 14.8 Å². The van der Waals surface area contributed by atoms with Crippen LogP contribution in [-0.2, 0) is 6.54 Å². The molecule has 1 N–H and O–H groups in total. The summed E-state index contributed by atoms with van der Waals surface area (Å²) in [6, 6.07) is 18.4. The maximum Gasteiger partial charge on any atom is 0.253 e. The molecule has 1 saturated heterocycles. The number of hydrogen-bond donors (Lipinski definition) is 1. The first kappa shape index (κ1) is 28.1. The summed E-state index contributed by atoms with van der Waals surface area (Å²) in [4.78, 5) is 18.1. The minimum Gasteiger partial charge on any atom is -0.368 e. The Balaban J connectivity index is 1.15. The van der Waals surface area contributed by atoms with Gasteiger partial charge in [0.2, 0.25) is 0 Å². The van der Waals surface area contributed by atoms with Gasteiger partial charge in [-0.15, -0.1) is 0 Å². The summed E-state index contributed by atoms with van der Waals surface area (Å²) < 4.78 is 2.39. The molecule has 7 heteroatoms. The minimum atomic E-state index is 0.0347. The Hall–Kier alpha value is -2.47. The van der Waals surface area contributed by atoms with Gasteiger partial charge in [-0.1, -0.05) is 78.9 Å². The zero-order valence-electron chi connectivity index (χ0n) is 23.0. The third kappa shape index (κ3) is 6.82. The highest BCUT2D eigenvalue weighted by molar-refractivity contribution is 6.43. The van der Waals surface area contributed by atoms with Crippen molar-refractivity contribution in [2.45, 2.75) is 52.0 Å². The number of nitrogens with one attached hydrogen (secondary N) is 1. The Kier molecular flexibility index (Phi) is 9.54. The highest BCUT2D eigenvalue weighted by Gasteiger charge is 2.23.